The van der Waals surface area contributed by atoms with Crippen LogP contribution in [0.3, 0.4) is 0 Å². The largest absolute Gasteiger partial charge is 0.444 e. The minimum Gasteiger partial charge on any atom is -0.444 e. The van der Waals surface area contributed by atoms with Gasteiger partial charge in [-0.1, -0.05) is 0 Å². The molecule has 0 aromatic heterocycles. The van der Waals surface area contributed by atoms with Crippen molar-refractivity contribution in [1.82, 2.24) is 10.6 Å². The number of methoxy groups -OCH3 is 1. The zero-order valence-electron chi connectivity index (χ0n) is 12.6. The van der Waals surface area contributed by atoms with Crippen LogP contribution in [-0.2, 0) is 14.3 Å². The smallest absolute Gasteiger partial charge is 0.408 e. The standard InChI is InChI=1S/C13H24N2O5/c1-9(17)6-14-10(7-16)11(8-19-5)15-12(18)20-13(2,3)4/h9,11,14,17H,6,8H2,1-5H3,(H,15,18). The molecule has 20 heavy (non-hydrogen) atoms. The minimum atomic E-state index is -0.717. The predicted molar refractivity (Wildman–Crippen MR) is 73.9 cm³/mol. The van der Waals surface area contributed by atoms with Gasteiger partial charge in [0.2, 0.25) is 0 Å². The van der Waals surface area contributed by atoms with Gasteiger partial charge in [-0.2, -0.15) is 0 Å². The highest BCUT2D eigenvalue weighted by Gasteiger charge is 2.22. The monoisotopic (exact) mass is 288 g/mol. The second-order valence-corrected chi connectivity index (χ2v) is 5.40. The average Bonchev–Trinajstić information content (AvgIpc) is 2.26. The highest BCUT2D eigenvalue weighted by atomic mass is 16.6. The van der Waals surface area contributed by atoms with Crippen molar-refractivity contribution in [2.24, 2.45) is 0 Å². The summed E-state index contributed by atoms with van der Waals surface area (Å²) in [6.07, 6.45) is -1.30. The summed E-state index contributed by atoms with van der Waals surface area (Å²) in [5.74, 6) is 1.70. The Morgan fingerprint density at radius 2 is 2.00 bits per heavy atom. The number of hydrogen-bond acceptors (Lipinski definition) is 6. The number of nitrogens with one attached hydrogen (secondary N) is 2. The summed E-state index contributed by atoms with van der Waals surface area (Å²) in [6.45, 7) is 7.03. The lowest BCUT2D eigenvalue weighted by atomic mass is 10.2. The van der Waals surface area contributed by atoms with Crippen molar-refractivity contribution in [2.45, 2.75) is 45.4 Å². The molecule has 0 fully saturated rings. The average molecular weight is 288 g/mol. The Balaban J connectivity index is 4.68. The molecule has 0 aromatic rings. The van der Waals surface area contributed by atoms with Crippen LogP contribution in [0, 0.1) is 0 Å². The summed E-state index contributed by atoms with van der Waals surface area (Å²) in [4.78, 5) is 22.6. The SMILES string of the molecule is COCC(NC(=O)OC(C)(C)C)C(=C=O)NCC(C)O. The van der Waals surface area contributed by atoms with E-state index in [4.69, 9.17) is 9.47 Å². The molecule has 0 rings (SSSR count). The second kappa shape index (κ2) is 8.58. The first kappa shape index (κ1) is 18.4. The maximum atomic E-state index is 11.7. The van der Waals surface area contributed by atoms with Gasteiger partial charge in [0, 0.05) is 13.7 Å². The molecule has 0 saturated heterocycles. The highest BCUT2D eigenvalue weighted by molar-refractivity contribution is 5.69. The van der Waals surface area contributed by atoms with E-state index in [1.807, 2.05) is 0 Å². The Kier molecular flexibility index (Phi) is 7.91. The van der Waals surface area contributed by atoms with Gasteiger partial charge >= 0.3 is 6.09 Å². The highest BCUT2D eigenvalue weighted by Crippen LogP contribution is 2.07. The first-order chi connectivity index (χ1) is 9.19. The molecule has 116 valence electrons. The molecule has 0 aromatic carbocycles. The Bertz CT molecular complexity index is 356. The van der Waals surface area contributed by atoms with Crippen LogP contribution in [0.5, 0.6) is 0 Å². The van der Waals surface area contributed by atoms with E-state index in [9.17, 15) is 14.7 Å². The molecule has 0 spiro atoms. The molecule has 0 heterocycles. The van der Waals surface area contributed by atoms with Crippen LogP contribution in [0.4, 0.5) is 4.79 Å². The number of hydrogen-bond donors (Lipinski definition) is 3. The topological polar surface area (TPSA) is 96.9 Å². The molecule has 0 saturated carbocycles. The van der Waals surface area contributed by atoms with Crippen LogP contribution < -0.4 is 10.6 Å². The first-order valence-corrected chi connectivity index (χ1v) is 6.35. The lowest BCUT2D eigenvalue weighted by Crippen LogP contribution is -2.46. The zero-order valence-corrected chi connectivity index (χ0v) is 12.6. The summed E-state index contributed by atoms with van der Waals surface area (Å²) in [5, 5.41) is 14.4. The third-order valence-corrected chi connectivity index (χ3v) is 2.07. The predicted octanol–water partition coefficient (Wildman–Crippen LogP) is 0.212. The van der Waals surface area contributed by atoms with Crippen LogP contribution in [0.2, 0.25) is 0 Å². The quantitative estimate of drug-likeness (QED) is 0.580. The number of aliphatic hydroxyl groups is 1. The van der Waals surface area contributed by atoms with Gasteiger partial charge in [0.1, 0.15) is 23.3 Å². The minimum absolute atomic E-state index is 0.0800. The molecule has 7 nitrogen and oxygen atoms in total. The molecule has 3 N–H and O–H groups in total. The number of alkyl carbamates (subject to hydrolysis) is 1. The van der Waals surface area contributed by atoms with Gasteiger partial charge in [-0.15, -0.1) is 0 Å². The number of ether oxygens (including phenoxy) is 2. The van der Waals surface area contributed by atoms with Crippen LogP contribution >= 0.6 is 0 Å². The van der Waals surface area contributed by atoms with Crippen molar-refractivity contribution in [2.75, 3.05) is 20.3 Å². The normalized spacial score (nSPS) is 13.9. The summed E-state index contributed by atoms with van der Waals surface area (Å²) in [7, 11) is 1.45. The van der Waals surface area contributed by atoms with Gasteiger partial charge in [-0.3, -0.25) is 0 Å². The Labute approximate surface area is 119 Å². The van der Waals surface area contributed by atoms with Crippen molar-refractivity contribution >= 4 is 12.0 Å². The Morgan fingerprint density at radius 1 is 1.40 bits per heavy atom. The fourth-order valence-electron chi connectivity index (χ4n) is 1.30. The lowest BCUT2D eigenvalue weighted by molar-refractivity contribution is 0.0481. The zero-order chi connectivity index (χ0) is 15.8. The van der Waals surface area contributed by atoms with Gasteiger partial charge < -0.3 is 25.2 Å². The molecule has 2 atom stereocenters. The van der Waals surface area contributed by atoms with Crippen molar-refractivity contribution in [3.8, 4) is 0 Å². The molecule has 0 aliphatic heterocycles. The fraction of sp³-hybridized carbons (Fsp3) is 0.769. The molecule has 0 radical (unpaired) electrons. The van der Waals surface area contributed by atoms with E-state index in [0.717, 1.165) is 0 Å². The molecule has 0 aliphatic rings. The van der Waals surface area contributed by atoms with Crippen LogP contribution in [0.15, 0.2) is 5.70 Å². The molecule has 0 aliphatic carbocycles. The second-order valence-electron chi connectivity index (χ2n) is 5.40. The van der Waals surface area contributed by atoms with E-state index in [1.165, 1.54) is 7.11 Å². The van der Waals surface area contributed by atoms with Gasteiger partial charge in [0.15, 0.2) is 0 Å². The van der Waals surface area contributed by atoms with E-state index < -0.39 is 23.8 Å². The number of amides is 1. The summed E-state index contributed by atoms with van der Waals surface area (Å²) >= 11 is 0. The summed E-state index contributed by atoms with van der Waals surface area (Å²) in [6, 6.07) is -0.717. The molecule has 1 amide bonds. The van der Waals surface area contributed by atoms with Crippen molar-refractivity contribution < 1.29 is 24.2 Å². The Morgan fingerprint density at radius 3 is 2.40 bits per heavy atom. The maximum Gasteiger partial charge on any atom is 0.408 e. The van der Waals surface area contributed by atoms with E-state index in [2.05, 4.69) is 10.6 Å². The van der Waals surface area contributed by atoms with Crippen molar-refractivity contribution in [1.29, 1.82) is 0 Å². The summed E-state index contributed by atoms with van der Waals surface area (Å²) in [5.41, 5.74) is -0.543. The number of carbonyl (C=O) groups is 1. The van der Waals surface area contributed by atoms with Crippen molar-refractivity contribution in [3.05, 3.63) is 5.70 Å². The molecular weight excluding hydrogens is 264 g/mol. The fourth-order valence-corrected chi connectivity index (χ4v) is 1.30. The lowest BCUT2D eigenvalue weighted by Gasteiger charge is -2.24. The molecule has 2 unspecified atom stereocenters. The third-order valence-electron chi connectivity index (χ3n) is 2.07. The molecule has 0 bridgehead atoms. The van der Waals surface area contributed by atoms with Crippen LogP contribution in [0.25, 0.3) is 0 Å². The van der Waals surface area contributed by atoms with Crippen molar-refractivity contribution in [3.63, 3.8) is 0 Å². The number of carbonyl (C=O) groups excluding carboxylic acids is 2. The van der Waals surface area contributed by atoms with Gasteiger partial charge in [0.05, 0.1) is 12.7 Å². The van der Waals surface area contributed by atoms with Crippen LogP contribution in [-0.4, -0.2) is 55.1 Å². The Hall–Kier alpha value is -1.56. The van der Waals surface area contributed by atoms with E-state index >= 15 is 0 Å². The van der Waals surface area contributed by atoms with E-state index in [1.54, 1.807) is 33.6 Å². The van der Waals surface area contributed by atoms with Gasteiger partial charge in [-0.05, 0) is 27.7 Å². The van der Waals surface area contributed by atoms with Gasteiger partial charge in [-0.25, -0.2) is 9.59 Å². The van der Waals surface area contributed by atoms with E-state index in [0.29, 0.717) is 0 Å². The molecule has 7 heteroatoms. The summed E-state index contributed by atoms with van der Waals surface area (Å²) < 4.78 is 10.1. The first-order valence-electron chi connectivity index (χ1n) is 6.35. The molecular formula is C13H24N2O5. The number of rotatable bonds is 7. The van der Waals surface area contributed by atoms with E-state index in [-0.39, 0.29) is 18.8 Å². The van der Waals surface area contributed by atoms with Crippen LogP contribution in [0.1, 0.15) is 27.7 Å². The van der Waals surface area contributed by atoms with Gasteiger partial charge in [0.25, 0.3) is 0 Å². The third kappa shape index (κ3) is 8.53. The number of aliphatic hydroxyl groups excluding tert-OH is 1. The maximum absolute atomic E-state index is 11.7.